The number of benzene rings is 1. The fraction of sp³-hybridized carbons (Fsp3) is 0.500. The summed E-state index contributed by atoms with van der Waals surface area (Å²) in [5.41, 5.74) is -0.804. The third kappa shape index (κ3) is 4.16. The minimum Gasteiger partial charge on any atom is -0.502 e. The fourth-order valence-electron chi connectivity index (χ4n) is 1.89. The molecule has 0 aliphatic carbocycles. The van der Waals surface area contributed by atoms with Gasteiger partial charge in [0.25, 0.3) is 5.91 Å². The molecule has 7 heteroatoms. The smallest absolute Gasteiger partial charge is 0.311 e. The summed E-state index contributed by atoms with van der Waals surface area (Å²) in [6.45, 7) is 6.15. The van der Waals surface area contributed by atoms with Gasteiger partial charge in [-0.1, -0.05) is 26.8 Å². The quantitative estimate of drug-likeness (QED) is 0.640. The zero-order chi connectivity index (χ0) is 16.2. The SMILES string of the molecule is COC(CNC(=O)c1cccc([N+](=O)[O-])c1O)C(C)(C)C. The molecule has 0 bridgehead atoms. The van der Waals surface area contributed by atoms with Gasteiger partial charge in [-0.25, -0.2) is 0 Å². The molecule has 2 N–H and O–H groups in total. The molecular formula is C14H20N2O5. The van der Waals surface area contributed by atoms with Crippen molar-refractivity contribution >= 4 is 11.6 Å². The Bertz CT molecular complexity index is 537. The number of phenols is 1. The minimum absolute atomic E-state index is 0.132. The maximum absolute atomic E-state index is 12.0. The number of rotatable bonds is 5. The van der Waals surface area contributed by atoms with Crippen LogP contribution in [0.25, 0.3) is 0 Å². The van der Waals surface area contributed by atoms with Crippen LogP contribution in [0.15, 0.2) is 18.2 Å². The maximum Gasteiger partial charge on any atom is 0.311 e. The third-order valence-electron chi connectivity index (χ3n) is 3.15. The lowest BCUT2D eigenvalue weighted by atomic mass is 9.89. The average molecular weight is 296 g/mol. The van der Waals surface area contributed by atoms with Crippen molar-refractivity contribution in [1.29, 1.82) is 0 Å². The number of hydrogen-bond acceptors (Lipinski definition) is 5. The van der Waals surface area contributed by atoms with Crippen LogP contribution in [0.4, 0.5) is 5.69 Å². The first-order chi connectivity index (χ1) is 9.68. The van der Waals surface area contributed by atoms with Crippen molar-refractivity contribution in [2.45, 2.75) is 26.9 Å². The molecule has 0 aliphatic rings. The zero-order valence-electron chi connectivity index (χ0n) is 12.5. The Morgan fingerprint density at radius 1 is 1.48 bits per heavy atom. The van der Waals surface area contributed by atoms with Crippen LogP contribution < -0.4 is 5.32 Å². The average Bonchev–Trinajstić information content (AvgIpc) is 2.37. The van der Waals surface area contributed by atoms with Crippen LogP contribution in [0.1, 0.15) is 31.1 Å². The van der Waals surface area contributed by atoms with Crippen molar-refractivity contribution in [3.8, 4) is 5.75 Å². The number of amides is 1. The first-order valence-electron chi connectivity index (χ1n) is 6.45. The normalized spacial score (nSPS) is 12.8. The Kier molecular flexibility index (Phi) is 5.26. The van der Waals surface area contributed by atoms with E-state index in [4.69, 9.17) is 4.74 Å². The number of hydrogen-bond donors (Lipinski definition) is 2. The van der Waals surface area contributed by atoms with E-state index in [-0.39, 0.29) is 23.6 Å². The summed E-state index contributed by atoms with van der Waals surface area (Å²) in [5.74, 6) is -1.22. The molecular weight excluding hydrogens is 276 g/mol. The van der Waals surface area contributed by atoms with E-state index < -0.39 is 22.3 Å². The highest BCUT2D eigenvalue weighted by Gasteiger charge is 2.26. The van der Waals surface area contributed by atoms with Crippen LogP contribution in [0.5, 0.6) is 5.75 Å². The highest BCUT2D eigenvalue weighted by atomic mass is 16.6. The Labute approximate surface area is 123 Å². The van der Waals surface area contributed by atoms with Crippen LogP contribution >= 0.6 is 0 Å². The number of nitrogens with one attached hydrogen (secondary N) is 1. The number of para-hydroxylation sites is 1. The summed E-state index contributed by atoms with van der Waals surface area (Å²) < 4.78 is 5.31. The maximum atomic E-state index is 12.0. The summed E-state index contributed by atoms with van der Waals surface area (Å²) in [4.78, 5) is 22.0. The number of ether oxygens (including phenoxy) is 1. The summed E-state index contributed by atoms with van der Waals surface area (Å²) >= 11 is 0. The van der Waals surface area contributed by atoms with E-state index in [1.54, 1.807) is 7.11 Å². The molecule has 7 nitrogen and oxygen atoms in total. The monoisotopic (exact) mass is 296 g/mol. The molecule has 0 saturated heterocycles. The minimum atomic E-state index is -0.737. The number of carbonyl (C=O) groups excluding carboxylic acids is 1. The summed E-state index contributed by atoms with van der Waals surface area (Å²) in [7, 11) is 1.55. The molecule has 0 aliphatic heterocycles. The van der Waals surface area contributed by atoms with Gasteiger partial charge in [0.15, 0.2) is 0 Å². The van der Waals surface area contributed by atoms with Crippen molar-refractivity contribution < 1.29 is 19.6 Å². The lowest BCUT2D eigenvalue weighted by molar-refractivity contribution is -0.385. The first kappa shape index (κ1) is 16.9. The molecule has 1 unspecified atom stereocenters. The summed E-state index contributed by atoms with van der Waals surface area (Å²) in [6.07, 6.45) is -0.220. The molecule has 0 saturated carbocycles. The molecule has 116 valence electrons. The molecule has 0 heterocycles. The number of phenolic OH excluding ortho intramolecular Hbond substituents is 1. The van der Waals surface area contributed by atoms with Gasteiger partial charge in [-0.3, -0.25) is 14.9 Å². The standard InChI is InChI=1S/C14H20N2O5/c1-14(2,3)11(21-4)8-15-13(18)9-6-5-7-10(12(9)17)16(19)20/h5-7,11,17H,8H2,1-4H3,(H,15,18). The molecule has 0 fully saturated rings. The Hall–Kier alpha value is -2.15. The van der Waals surface area contributed by atoms with Crippen LogP contribution in [0, 0.1) is 15.5 Å². The molecule has 1 atom stereocenters. The van der Waals surface area contributed by atoms with Gasteiger partial charge >= 0.3 is 5.69 Å². The zero-order valence-corrected chi connectivity index (χ0v) is 12.5. The van der Waals surface area contributed by atoms with Crippen molar-refractivity contribution in [2.75, 3.05) is 13.7 Å². The number of nitro benzene ring substituents is 1. The lowest BCUT2D eigenvalue weighted by Gasteiger charge is -2.29. The topological polar surface area (TPSA) is 102 Å². The molecule has 1 aromatic carbocycles. The molecule has 0 aromatic heterocycles. The van der Waals surface area contributed by atoms with Crippen LogP contribution in [0.2, 0.25) is 0 Å². The number of aromatic hydroxyl groups is 1. The lowest BCUT2D eigenvalue weighted by Crippen LogP contribution is -2.40. The van der Waals surface area contributed by atoms with E-state index in [9.17, 15) is 20.0 Å². The molecule has 1 amide bonds. The van der Waals surface area contributed by atoms with E-state index in [0.29, 0.717) is 0 Å². The van der Waals surface area contributed by atoms with Gasteiger partial charge in [-0.05, 0) is 11.5 Å². The summed E-state index contributed by atoms with van der Waals surface area (Å²) in [6, 6.07) is 3.82. The number of methoxy groups -OCH3 is 1. The Balaban J connectivity index is 2.86. The molecule has 1 aromatic rings. The van der Waals surface area contributed by atoms with E-state index in [1.807, 2.05) is 20.8 Å². The predicted octanol–water partition coefficient (Wildman–Crippen LogP) is 2.09. The van der Waals surface area contributed by atoms with E-state index in [0.717, 1.165) is 6.07 Å². The second kappa shape index (κ2) is 6.53. The number of nitrogens with zero attached hydrogens (tertiary/aromatic N) is 1. The van der Waals surface area contributed by atoms with Crippen molar-refractivity contribution in [2.24, 2.45) is 5.41 Å². The van der Waals surface area contributed by atoms with Gasteiger partial charge in [0, 0.05) is 19.7 Å². The van der Waals surface area contributed by atoms with E-state index in [2.05, 4.69) is 5.32 Å². The van der Waals surface area contributed by atoms with Crippen LogP contribution in [-0.2, 0) is 4.74 Å². The third-order valence-corrected chi connectivity index (χ3v) is 3.15. The van der Waals surface area contributed by atoms with Gasteiger partial charge in [0.1, 0.15) is 0 Å². The van der Waals surface area contributed by atoms with Crippen molar-refractivity contribution in [1.82, 2.24) is 5.32 Å². The molecule has 0 spiro atoms. The first-order valence-corrected chi connectivity index (χ1v) is 6.45. The molecule has 1 rings (SSSR count). The van der Waals surface area contributed by atoms with Gasteiger partial charge in [0.2, 0.25) is 5.75 Å². The van der Waals surface area contributed by atoms with Gasteiger partial charge in [0.05, 0.1) is 16.6 Å². The fourth-order valence-corrected chi connectivity index (χ4v) is 1.89. The second-order valence-electron chi connectivity index (χ2n) is 5.73. The Morgan fingerprint density at radius 3 is 2.57 bits per heavy atom. The molecule has 21 heavy (non-hydrogen) atoms. The highest BCUT2D eigenvalue weighted by Crippen LogP contribution is 2.29. The van der Waals surface area contributed by atoms with Crippen LogP contribution in [-0.4, -0.2) is 35.7 Å². The van der Waals surface area contributed by atoms with Crippen molar-refractivity contribution in [3.05, 3.63) is 33.9 Å². The summed E-state index contributed by atoms with van der Waals surface area (Å²) in [5, 5.41) is 23.1. The highest BCUT2D eigenvalue weighted by molar-refractivity contribution is 5.98. The largest absolute Gasteiger partial charge is 0.502 e. The van der Waals surface area contributed by atoms with E-state index in [1.165, 1.54) is 12.1 Å². The Morgan fingerprint density at radius 2 is 2.10 bits per heavy atom. The number of nitro groups is 1. The predicted molar refractivity (Wildman–Crippen MR) is 77.3 cm³/mol. The van der Waals surface area contributed by atoms with Gasteiger partial charge in [-0.15, -0.1) is 0 Å². The molecule has 0 radical (unpaired) electrons. The van der Waals surface area contributed by atoms with Gasteiger partial charge in [-0.2, -0.15) is 0 Å². The van der Waals surface area contributed by atoms with Gasteiger partial charge < -0.3 is 15.2 Å². The second-order valence-corrected chi connectivity index (χ2v) is 5.73. The van der Waals surface area contributed by atoms with E-state index >= 15 is 0 Å². The van der Waals surface area contributed by atoms with Crippen molar-refractivity contribution in [3.63, 3.8) is 0 Å². The van der Waals surface area contributed by atoms with Crippen LogP contribution in [0.3, 0.4) is 0 Å². The number of carbonyl (C=O) groups is 1.